The van der Waals surface area contributed by atoms with Gasteiger partial charge in [-0.3, -0.25) is 4.79 Å². The fourth-order valence-corrected chi connectivity index (χ4v) is 1.32. The number of hydrogen-bond acceptors (Lipinski definition) is 5. The van der Waals surface area contributed by atoms with E-state index in [2.05, 4.69) is 10.4 Å². The zero-order chi connectivity index (χ0) is 9.42. The van der Waals surface area contributed by atoms with E-state index in [4.69, 9.17) is 4.74 Å². The van der Waals surface area contributed by atoms with Crippen molar-refractivity contribution in [3.63, 3.8) is 0 Å². The number of aliphatic hydroxyl groups is 1. The minimum absolute atomic E-state index is 0.152. The second kappa shape index (κ2) is 2.65. The molecule has 1 amide bonds. The number of hydrazone groups is 1. The molecular formula is C7H9N3O3. The number of amides is 1. The molecule has 70 valence electrons. The summed E-state index contributed by atoms with van der Waals surface area (Å²) in [6.07, 6.45) is 1.24. The number of methoxy groups -OCH3 is 1. The van der Waals surface area contributed by atoms with Gasteiger partial charge in [0, 0.05) is 0 Å². The highest BCUT2D eigenvalue weighted by Gasteiger charge is 2.34. The van der Waals surface area contributed by atoms with Crippen LogP contribution in [0.15, 0.2) is 17.1 Å². The number of aliphatic hydroxyl groups excluding tert-OH is 1. The van der Waals surface area contributed by atoms with Crippen molar-refractivity contribution in [3.8, 4) is 0 Å². The Morgan fingerprint density at radius 1 is 1.85 bits per heavy atom. The van der Waals surface area contributed by atoms with E-state index in [1.807, 2.05) is 0 Å². The lowest BCUT2D eigenvalue weighted by Crippen LogP contribution is -2.46. The maximum atomic E-state index is 10.9. The van der Waals surface area contributed by atoms with E-state index in [1.165, 1.54) is 12.1 Å². The van der Waals surface area contributed by atoms with Crippen LogP contribution in [0.5, 0.6) is 0 Å². The molecule has 6 heteroatoms. The van der Waals surface area contributed by atoms with Crippen LogP contribution in [0.2, 0.25) is 0 Å². The number of hydrogen-bond donors (Lipinski definition) is 2. The van der Waals surface area contributed by atoms with Gasteiger partial charge in [0.05, 0.1) is 19.6 Å². The number of fused-ring (bicyclic) bond motifs is 1. The molecule has 1 unspecified atom stereocenters. The molecule has 13 heavy (non-hydrogen) atoms. The molecule has 0 bridgehead atoms. The van der Waals surface area contributed by atoms with Gasteiger partial charge < -0.3 is 15.2 Å². The molecule has 6 nitrogen and oxygen atoms in total. The minimum atomic E-state index is -0.314. The number of ether oxygens (including phenoxy) is 1. The van der Waals surface area contributed by atoms with Crippen LogP contribution in [0.1, 0.15) is 6.42 Å². The van der Waals surface area contributed by atoms with Gasteiger partial charge in [0.2, 0.25) is 11.8 Å². The van der Waals surface area contributed by atoms with Gasteiger partial charge in [-0.05, 0) is 0 Å². The molecule has 0 aliphatic carbocycles. The van der Waals surface area contributed by atoms with Crippen molar-refractivity contribution in [1.82, 2.24) is 10.3 Å². The Labute approximate surface area is 74.5 Å². The van der Waals surface area contributed by atoms with Crippen molar-refractivity contribution in [3.05, 3.63) is 12.0 Å². The second-order valence-corrected chi connectivity index (χ2v) is 2.77. The Morgan fingerprint density at radius 3 is 3.31 bits per heavy atom. The van der Waals surface area contributed by atoms with Crippen molar-refractivity contribution in [2.45, 2.75) is 12.6 Å². The third kappa shape index (κ3) is 1.20. The van der Waals surface area contributed by atoms with Crippen LogP contribution in [0.3, 0.4) is 0 Å². The number of carbonyl (C=O) groups is 1. The lowest BCUT2D eigenvalue weighted by Gasteiger charge is -2.25. The zero-order valence-corrected chi connectivity index (χ0v) is 7.02. The average molecular weight is 183 g/mol. The summed E-state index contributed by atoms with van der Waals surface area (Å²) >= 11 is 0. The smallest absolute Gasteiger partial charge is 0.251 e. The minimum Gasteiger partial charge on any atom is -0.493 e. The SMILES string of the molecule is COC1=NN2C(O)=CC(=O)NC2C1. The van der Waals surface area contributed by atoms with Crippen molar-refractivity contribution < 1.29 is 14.6 Å². The number of nitrogens with one attached hydrogen (secondary N) is 1. The monoisotopic (exact) mass is 183 g/mol. The summed E-state index contributed by atoms with van der Waals surface area (Å²) in [5, 5.41) is 17.2. The van der Waals surface area contributed by atoms with E-state index in [1.54, 1.807) is 0 Å². The van der Waals surface area contributed by atoms with E-state index in [-0.39, 0.29) is 18.0 Å². The van der Waals surface area contributed by atoms with Gasteiger partial charge in [-0.15, -0.1) is 5.10 Å². The Bertz CT molecular complexity index is 310. The number of nitrogens with zero attached hydrogens (tertiary/aromatic N) is 2. The number of carbonyl (C=O) groups excluding carboxylic acids is 1. The van der Waals surface area contributed by atoms with E-state index in [9.17, 15) is 9.90 Å². The molecule has 0 saturated heterocycles. The summed E-state index contributed by atoms with van der Waals surface area (Å²) in [4.78, 5) is 10.9. The molecule has 2 N–H and O–H groups in total. The first-order chi connectivity index (χ1) is 6.20. The maximum absolute atomic E-state index is 10.9. The molecule has 0 aromatic heterocycles. The standard InChI is InChI=1S/C7H9N3O3/c1-13-6-2-4-8-5(11)3-7(12)10(4)9-6/h3-4,12H,2H2,1H3,(H,8,11). The third-order valence-electron chi connectivity index (χ3n) is 1.92. The predicted molar refractivity (Wildman–Crippen MR) is 43.5 cm³/mol. The second-order valence-electron chi connectivity index (χ2n) is 2.77. The molecule has 1 atom stereocenters. The maximum Gasteiger partial charge on any atom is 0.251 e. The first kappa shape index (κ1) is 7.90. The van der Waals surface area contributed by atoms with Gasteiger partial charge in [-0.1, -0.05) is 0 Å². The van der Waals surface area contributed by atoms with Crippen LogP contribution in [0.25, 0.3) is 0 Å². The highest BCUT2D eigenvalue weighted by atomic mass is 16.5. The molecule has 2 heterocycles. The van der Waals surface area contributed by atoms with Gasteiger partial charge in [0.1, 0.15) is 6.17 Å². The van der Waals surface area contributed by atoms with Gasteiger partial charge in [-0.25, -0.2) is 5.01 Å². The lowest BCUT2D eigenvalue weighted by molar-refractivity contribution is -0.119. The number of rotatable bonds is 0. The molecule has 0 spiro atoms. The first-order valence-corrected chi connectivity index (χ1v) is 3.82. The Hall–Kier alpha value is -1.72. The topological polar surface area (TPSA) is 74.2 Å². The largest absolute Gasteiger partial charge is 0.493 e. The van der Waals surface area contributed by atoms with Gasteiger partial charge in [0.15, 0.2) is 0 Å². The molecule has 0 aromatic carbocycles. The average Bonchev–Trinajstić information content (AvgIpc) is 2.47. The molecule has 2 aliphatic heterocycles. The quantitative estimate of drug-likeness (QED) is 0.531. The molecule has 0 radical (unpaired) electrons. The molecule has 0 saturated carbocycles. The van der Waals surface area contributed by atoms with Crippen LogP contribution < -0.4 is 5.32 Å². The van der Waals surface area contributed by atoms with Gasteiger partial charge >= 0.3 is 0 Å². The van der Waals surface area contributed by atoms with Crippen LogP contribution in [0, 0.1) is 0 Å². The van der Waals surface area contributed by atoms with E-state index in [0.717, 1.165) is 6.08 Å². The van der Waals surface area contributed by atoms with E-state index < -0.39 is 0 Å². The molecule has 0 aromatic rings. The Morgan fingerprint density at radius 2 is 2.62 bits per heavy atom. The molecule has 2 aliphatic rings. The van der Waals surface area contributed by atoms with Crippen molar-refractivity contribution in [2.24, 2.45) is 5.10 Å². The fourth-order valence-electron chi connectivity index (χ4n) is 1.32. The lowest BCUT2D eigenvalue weighted by atomic mass is 10.3. The summed E-state index contributed by atoms with van der Waals surface area (Å²) in [5.41, 5.74) is 0. The molecule has 0 fully saturated rings. The normalized spacial score (nSPS) is 26.1. The molecular weight excluding hydrogens is 174 g/mol. The summed E-state index contributed by atoms with van der Waals surface area (Å²) in [5.74, 6) is 0.0271. The van der Waals surface area contributed by atoms with E-state index >= 15 is 0 Å². The van der Waals surface area contributed by atoms with Crippen LogP contribution >= 0.6 is 0 Å². The van der Waals surface area contributed by atoms with Crippen molar-refractivity contribution in [1.29, 1.82) is 0 Å². The zero-order valence-electron chi connectivity index (χ0n) is 7.02. The van der Waals surface area contributed by atoms with Crippen LogP contribution in [-0.2, 0) is 9.53 Å². The summed E-state index contributed by atoms with van der Waals surface area (Å²) in [7, 11) is 1.50. The van der Waals surface area contributed by atoms with Crippen molar-refractivity contribution in [2.75, 3.05) is 7.11 Å². The highest BCUT2D eigenvalue weighted by Crippen LogP contribution is 2.20. The van der Waals surface area contributed by atoms with Crippen LogP contribution in [-0.4, -0.2) is 35.2 Å². The Kier molecular flexibility index (Phi) is 1.61. The first-order valence-electron chi connectivity index (χ1n) is 3.82. The Balaban J connectivity index is 2.23. The fraction of sp³-hybridized carbons (Fsp3) is 0.429. The molecule has 2 rings (SSSR count). The van der Waals surface area contributed by atoms with Crippen molar-refractivity contribution >= 4 is 11.8 Å². The van der Waals surface area contributed by atoms with E-state index in [0.29, 0.717) is 12.3 Å². The van der Waals surface area contributed by atoms with Gasteiger partial charge in [0.25, 0.3) is 5.91 Å². The third-order valence-corrected chi connectivity index (χ3v) is 1.92. The predicted octanol–water partition coefficient (Wildman–Crippen LogP) is -0.493. The van der Waals surface area contributed by atoms with Crippen LogP contribution in [0.4, 0.5) is 0 Å². The summed E-state index contributed by atoms with van der Waals surface area (Å²) < 4.78 is 4.91. The summed E-state index contributed by atoms with van der Waals surface area (Å²) in [6.45, 7) is 0. The summed E-state index contributed by atoms with van der Waals surface area (Å²) in [6, 6.07) is 0. The van der Waals surface area contributed by atoms with Gasteiger partial charge in [-0.2, -0.15) is 0 Å². The highest BCUT2D eigenvalue weighted by molar-refractivity contribution is 5.90.